The second kappa shape index (κ2) is 10.1. The SMILES string of the molecule is CCN(c1ccccc1)S(=O)(=O)c1cccc(C(=O)NCCOc2cccc(F)c2)c1. The van der Waals surface area contributed by atoms with Gasteiger partial charge in [0.1, 0.15) is 18.2 Å². The number of carbonyl (C=O) groups excluding carboxylic acids is 1. The average molecular weight is 443 g/mol. The fraction of sp³-hybridized carbons (Fsp3) is 0.174. The highest BCUT2D eigenvalue weighted by molar-refractivity contribution is 7.92. The topological polar surface area (TPSA) is 75.7 Å². The third-order valence-corrected chi connectivity index (χ3v) is 6.37. The number of nitrogens with zero attached hydrogens (tertiary/aromatic N) is 1. The average Bonchev–Trinajstić information content (AvgIpc) is 2.78. The number of anilines is 1. The molecule has 0 fully saturated rings. The number of carbonyl (C=O) groups is 1. The number of ether oxygens (including phenoxy) is 1. The predicted octanol–water partition coefficient (Wildman–Crippen LogP) is 3.85. The van der Waals surface area contributed by atoms with Crippen LogP contribution in [0.25, 0.3) is 0 Å². The summed E-state index contributed by atoms with van der Waals surface area (Å²) >= 11 is 0. The normalized spacial score (nSPS) is 11.0. The molecule has 0 heterocycles. The van der Waals surface area contributed by atoms with Crippen LogP contribution in [0, 0.1) is 5.82 Å². The Balaban J connectivity index is 1.66. The molecule has 31 heavy (non-hydrogen) atoms. The molecule has 1 N–H and O–H groups in total. The van der Waals surface area contributed by atoms with Crippen LogP contribution in [0.2, 0.25) is 0 Å². The van der Waals surface area contributed by atoms with Crippen LogP contribution in [0.5, 0.6) is 5.75 Å². The first-order valence-corrected chi connectivity index (χ1v) is 11.2. The molecule has 0 atom stereocenters. The summed E-state index contributed by atoms with van der Waals surface area (Å²) in [4.78, 5) is 12.5. The lowest BCUT2D eigenvalue weighted by molar-refractivity contribution is 0.0946. The summed E-state index contributed by atoms with van der Waals surface area (Å²) in [5.74, 6) is -0.471. The van der Waals surface area contributed by atoms with Gasteiger partial charge in [-0.25, -0.2) is 12.8 Å². The number of para-hydroxylation sites is 1. The van der Waals surface area contributed by atoms with Crippen molar-refractivity contribution in [3.8, 4) is 5.75 Å². The first kappa shape index (κ1) is 22.3. The highest BCUT2D eigenvalue weighted by Crippen LogP contribution is 2.23. The number of sulfonamides is 1. The van der Waals surface area contributed by atoms with Crippen molar-refractivity contribution < 1.29 is 22.3 Å². The van der Waals surface area contributed by atoms with Gasteiger partial charge >= 0.3 is 0 Å². The van der Waals surface area contributed by atoms with E-state index >= 15 is 0 Å². The number of hydrogen-bond donors (Lipinski definition) is 1. The third-order valence-electron chi connectivity index (χ3n) is 4.47. The fourth-order valence-corrected chi connectivity index (χ4v) is 4.52. The summed E-state index contributed by atoms with van der Waals surface area (Å²) < 4.78 is 46.1. The Labute approximate surface area is 181 Å². The van der Waals surface area contributed by atoms with Crippen LogP contribution >= 0.6 is 0 Å². The first-order valence-electron chi connectivity index (χ1n) is 9.76. The van der Waals surface area contributed by atoms with Crippen LogP contribution in [0.3, 0.4) is 0 Å². The highest BCUT2D eigenvalue weighted by atomic mass is 32.2. The largest absolute Gasteiger partial charge is 0.492 e. The zero-order valence-corrected chi connectivity index (χ0v) is 17.8. The number of halogens is 1. The molecule has 3 aromatic rings. The third kappa shape index (κ3) is 5.61. The first-order chi connectivity index (χ1) is 14.9. The van der Waals surface area contributed by atoms with Crippen LogP contribution in [-0.4, -0.2) is 34.0 Å². The van der Waals surface area contributed by atoms with Crippen molar-refractivity contribution in [1.29, 1.82) is 0 Å². The summed E-state index contributed by atoms with van der Waals surface area (Å²) in [6, 6.07) is 20.4. The quantitative estimate of drug-likeness (QED) is 0.511. The molecule has 0 aliphatic rings. The summed E-state index contributed by atoms with van der Waals surface area (Å²) in [6.07, 6.45) is 0. The van der Waals surface area contributed by atoms with Crippen LogP contribution in [0.1, 0.15) is 17.3 Å². The van der Waals surface area contributed by atoms with Crippen LogP contribution < -0.4 is 14.4 Å². The maximum Gasteiger partial charge on any atom is 0.264 e. The van der Waals surface area contributed by atoms with E-state index in [0.717, 1.165) is 0 Å². The molecule has 3 rings (SSSR count). The van der Waals surface area contributed by atoms with Crippen molar-refractivity contribution in [3.05, 3.63) is 90.2 Å². The molecule has 0 aromatic heterocycles. The number of hydrogen-bond acceptors (Lipinski definition) is 4. The van der Waals surface area contributed by atoms with E-state index in [1.807, 2.05) is 6.07 Å². The van der Waals surface area contributed by atoms with Gasteiger partial charge in [-0.15, -0.1) is 0 Å². The number of nitrogens with one attached hydrogen (secondary N) is 1. The van der Waals surface area contributed by atoms with E-state index in [-0.39, 0.29) is 30.2 Å². The molecule has 0 aliphatic carbocycles. The molecule has 162 valence electrons. The second-order valence-corrected chi connectivity index (χ2v) is 8.46. The molecule has 0 saturated heterocycles. The Hall–Kier alpha value is -3.39. The number of rotatable bonds is 9. The van der Waals surface area contributed by atoms with Crippen LogP contribution in [-0.2, 0) is 10.0 Å². The van der Waals surface area contributed by atoms with Gasteiger partial charge in [0, 0.05) is 18.2 Å². The van der Waals surface area contributed by atoms with Gasteiger partial charge in [-0.1, -0.05) is 30.3 Å². The van der Waals surface area contributed by atoms with Gasteiger partial charge in [0.05, 0.1) is 17.1 Å². The maximum absolute atomic E-state index is 13.1. The monoisotopic (exact) mass is 442 g/mol. The van der Waals surface area contributed by atoms with Crippen molar-refractivity contribution in [2.45, 2.75) is 11.8 Å². The van der Waals surface area contributed by atoms with Crippen molar-refractivity contribution in [2.75, 3.05) is 24.0 Å². The van der Waals surface area contributed by atoms with E-state index in [1.54, 1.807) is 43.3 Å². The van der Waals surface area contributed by atoms with Crippen molar-refractivity contribution in [1.82, 2.24) is 5.32 Å². The summed E-state index contributed by atoms with van der Waals surface area (Å²) in [5, 5.41) is 2.67. The minimum absolute atomic E-state index is 0.0295. The maximum atomic E-state index is 13.1. The smallest absolute Gasteiger partial charge is 0.264 e. The van der Waals surface area contributed by atoms with Gasteiger partial charge in [-0.2, -0.15) is 0 Å². The minimum atomic E-state index is -3.83. The van der Waals surface area contributed by atoms with E-state index in [4.69, 9.17) is 4.74 Å². The Morgan fingerprint density at radius 3 is 2.45 bits per heavy atom. The van der Waals surface area contributed by atoms with Gasteiger partial charge < -0.3 is 10.1 Å². The molecular weight excluding hydrogens is 419 g/mol. The molecule has 8 heteroatoms. The molecule has 0 unspecified atom stereocenters. The lowest BCUT2D eigenvalue weighted by Gasteiger charge is -2.23. The molecule has 1 amide bonds. The van der Waals surface area contributed by atoms with E-state index in [1.165, 1.54) is 40.7 Å². The molecule has 6 nitrogen and oxygen atoms in total. The zero-order valence-electron chi connectivity index (χ0n) is 17.0. The van der Waals surface area contributed by atoms with Crippen LogP contribution in [0.15, 0.2) is 83.8 Å². The van der Waals surface area contributed by atoms with Gasteiger partial charge in [-0.3, -0.25) is 9.10 Å². The highest BCUT2D eigenvalue weighted by Gasteiger charge is 2.24. The minimum Gasteiger partial charge on any atom is -0.492 e. The molecule has 0 spiro atoms. The molecule has 3 aromatic carbocycles. The lowest BCUT2D eigenvalue weighted by Crippen LogP contribution is -2.31. The van der Waals surface area contributed by atoms with Gasteiger partial charge in [0.15, 0.2) is 0 Å². The molecule has 0 radical (unpaired) electrons. The summed E-state index contributed by atoms with van der Waals surface area (Å²) in [6.45, 7) is 2.32. The Kier molecular flexibility index (Phi) is 7.25. The number of benzene rings is 3. The van der Waals surface area contributed by atoms with Crippen molar-refractivity contribution >= 4 is 21.6 Å². The van der Waals surface area contributed by atoms with E-state index in [9.17, 15) is 17.6 Å². The van der Waals surface area contributed by atoms with E-state index in [0.29, 0.717) is 11.4 Å². The van der Waals surface area contributed by atoms with Crippen LogP contribution in [0.4, 0.5) is 10.1 Å². The Morgan fingerprint density at radius 1 is 1.00 bits per heavy atom. The fourth-order valence-electron chi connectivity index (χ4n) is 3.00. The van der Waals surface area contributed by atoms with Gasteiger partial charge in [0.25, 0.3) is 15.9 Å². The molecule has 0 saturated carbocycles. The van der Waals surface area contributed by atoms with E-state index < -0.39 is 21.7 Å². The summed E-state index contributed by atoms with van der Waals surface area (Å²) in [5.41, 5.74) is 0.769. The predicted molar refractivity (Wildman–Crippen MR) is 117 cm³/mol. The van der Waals surface area contributed by atoms with Crippen molar-refractivity contribution in [2.24, 2.45) is 0 Å². The van der Waals surface area contributed by atoms with E-state index in [2.05, 4.69) is 5.32 Å². The standard InChI is InChI=1S/C23H23FN2O4S/c1-2-26(20-10-4-3-5-11-20)31(28,29)22-13-6-8-18(16-22)23(27)25-14-15-30-21-12-7-9-19(24)17-21/h3-13,16-17H,2,14-15H2,1H3,(H,25,27). The van der Waals surface area contributed by atoms with Gasteiger partial charge in [0.2, 0.25) is 0 Å². The lowest BCUT2D eigenvalue weighted by atomic mass is 10.2. The second-order valence-electron chi connectivity index (χ2n) is 6.59. The Morgan fingerprint density at radius 2 is 1.74 bits per heavy atom. The van der Waals surface area contributed by atoms with Gasteiger partial charge in [-0.05, 0) is 49.4 Å². The zero-order chi connectivity index (χ0) is 22.3. The number of amides is 1. The molecular formula is C23H23FN2O4S. The molecule has 0 aliphatic heterocycles. The summed E-state index contributed by atoms with van der Waals surface area (Å²) in [7, 11) is -3.83. The Bertz CT molecular complexity index is 1140. The molecule has 0 bridgehead atoms. The van der Waals surface area contributed by atoms with Crippen molar-refractivity contribution in [3.63, 3.8) is 0 Å².